The predicted molar refractivity (Wildman–Crippen MR) is 54.8 cm³/mol. The number of nitrogens with zero attached hydrogens (tertiary/aromatic N) is 4. The lowest BCUT2D eigenvalue weighted by Crippen LogP contribution is -2.21. The van der Waals surface area contributed by atoms with Gasteiger partial charge in [-0.2, -0.15) is 0 Å². The lowest BCUT2D eigenvalue weighted by atomic mass is 10.1. The highest BCUT2D eigenvalue weighted by atomic mass is 79.9. The van der Waals surface area contributed by atoms with Crippen LogP contribution in [0.25, 0.3) is 10.4 Å². The Kier molecular flexibility index (Phi) is 4.30. The number of aliphatic hydroxyl groups is 2. The number of hydrogen-bond donors (Lipinski definition) is 2. The first-order valence-electron chi connectivity index (χ1n) is 3.63. The van der Waals surface area contributed by atoms with Crippen molar-refractivity contribution in [3.8, 4) is 0 Å². The Morgan fingerprint density at radius 3 is 2.93 bits per heavy atom. The quantitative estimate of drug-likeness (QED) is 0.497. The van der Waals surface area contributed by atoms with Crippen LogP contribution in [0.1, 0.15) is 11.8 Å². The summed E-state index contributed by atoms with van der Waals surface area (Å²) in [6.45, 7) is -0.174. The molecule has 0 saturated heterocycles. The molecule has 1 aromatic heterocycles. The molecule has 76 valence electrons. The van der Waals surface area contributed by atoms with Crippen molar-refractivity contribution in [3.05, 3.63) is 25.4 Å². The van der Waals surface area contributed by atoms with Crippen LogP contribution in [0.3, 0.4) is 0 Å². The zero-order valence-corrected chi connectivity index (χ0v) is 9.31. The summed E-state index contributed by atoms with van der Waals surface area (Å²) in [5.74, 6) is 0. The summed E-state index contributed by atoms with van der Waals surface area (Å²) >= 11 is 4.44. The molecule has 0 radical (unpaired) electrons. The number of thiazole rings is 1. The summed E-state index contributed by atoms with van der Waals surface area (Å²) in [5, 5.41) is 23.6. The van der Waals surface area contributed by atoms with Crippen LogP contribution in [0, 0.1) is 0 Å². The van der Waals surface area contributed by atoms with Gasteiger partial charge in [-0.3, -0.25) is 0 Å². The largest absolute Gasteiger partial charge is 0.390 e. The van der Waals surface area contributed by atoms with Gasteiger partial charge in [-0.25, -0.2) is 4.98 Å². The lowest BCUT2D eigenvalue weighted by molar-refractivity contribution is 0.0221. The number of azide groups is 1. The van der Waals surface area contributed by atoms with Crippen LogP contribution in [-0.2, 0) is 0 Å². The van der Waals surface area contributed by atoms with Crippen LogP contribution < -0.4 is 0 Å². The van der Waals surface area contributed by atoms with Gasteiger partial charge in [0.1, 0.15) is 6.10 Å². The van der Waals surface area contributed by atoms with Crippen LogP contribution in [-0.4, -0.2) is 27.8 Å². The zero-order chi connectivity index (χ0) is 10.6. The Bertz CT molecular complexity index is 351. The third-order valence-corrected chi connectivity index (χ3v) is 2.88. The monoisotopic (exact) mass is 278 g/mol. The minimum atomic E-state index is -1.13. The molecule has 0 fully saturated rings. The SMILES string of the molecule is [N-]=[N+]=NCC(O)C(O)c1csc(Br)n1. The average molecular weight is 279 g/mol. The minimum Gasteiger partial charge on any atom is -0.390 e. The van der Waals surface area contributed by atoms with Gasteiger partial charge in [0.05, 0.1) is 18.3 Å². The van der Waals surface area contributed by atoms with Crippen molar-refractivity contribution < 1.29 is 10.2 Å². The molecule has 0 aliphatic carbocycles. The summed E-state index contributed by atoms with van der Waals surface area (Å²) in [5.41, 5.74) is 8.38. The predicted octanol–water partition coefficient (Wildman–Crippen LogP) is 1.61. The molecule has 0 aliphatic heterocycles. The molecule has 6 nitrogen and oxygen atoms in total. The highest BCUT2D eigenvalue weighted by Crippen LogP contribution is 2.23. The lowest BCUT2D eigenvalue weighted by Gasteiger charge is -2.12. The van der Waals surface area contributed by atoms with Gasteiger partial charge < -0.3 is 10.2 Å². The second-order valence-electron chi connectivity index (χ2n) is 2.45. The molecule has 0 aromatic carbocycles. The van der Waals surface area contributed by atoms with E-state index >= 15 is 0 Å². The molecule has 1 rings (SSSR count). The second-order valence-corrected chi connectivity index (χ2v) is 4.59. The fourth-order valence-corrected chi connectivity index (χ4v) is 1.87. The number of rotatable bonds is 4. The van der Waals surface area contributed by atoms with E-state index in [-0.39, 0.29) is 6.54 Å². The molecular formula is C6H7BrN4O2S. The minimum absolute atomic E-state index is 0.174. The van der Waals surface area contributed by atoms with Gasteiger partial charge in [-0.15, -0.1) is 11.3 Å². The molecule has 1 heterocycles. The molecule has 2 N–H and O–H groups in total. The van der Waals surface area contributed by atoms with Crippen LogP contribution in [0.5, 0.6) is 0 Å². The molecule has 0 spiro atoms. The van der Waals surface area contributed by atoms with Crippen molar-refractivity contribution in [2.75, 3.05) is 6.54 Å². The molecule has 8 heteroatoms. The van der Waals surface area contributed by atoms with Gasteiger partial charge in [0.15, 0.2) is 3.92 Å². The van der Waals surface area contributed by atoms with E-state index in [0.717, 1.165) is 0 Å². The third-order valence-electron chi connectivity index (χ3n) is 1.49. The Labute approximate surface area is 92.0 Å². The molecule has 14 heavy (non-hydrogen) atoms. The first-order valence-corrected chi connectivity index (χ1v) is 5.30. The fraction of sp³-hybridized carbons (Fsp3) is 0.500. The van der Waals surface area contributed by atoms with Crippen molar-refractivity contribution in [2.45, 2.75) is 12.2 Å². The maximum absolute atomic E-state index is 9.52. The molecule has 0 bridgehead atoms. The van der Waals surface area contributed by atoms with E-state index in [2.05, 4.69) is 30.9 Å². The van der Waals surface area contributed by atoms with E-state index in [4.69, 9.17) is 5.53 Å². The Morgan fingerprint density at radius 2 is 2.43 bits per heavy atom. The van der Waals surface area contributed by atoms with E-state index in [1.54, 1.807) is 5.38 Å². The highest BCUT2D eigenvalue weighted by Gasteiger charge is 2.19. The number of halogens is 1. The van der Waals surface area contributed by atoms with E-state index in [9.17, 15) is 10.2 Å². The molecular weight excluding hydrogens is 272 g/mol. The van der Waals surface area contributed by atoms with Crippen molar-refractivity contribution >= 4 is 27.3 Å². The third kappa shape index (κ3) is 2.93. The smallest absolute Gasteiger partial charge is 0.159 e. The maximum atomic E-state index is 9.52. The Balaban J connectivity index is 2.64. The van der Waals surface area contributed by atoms with E-state index in [0.29, 0.717) is 9.61 Å². The average Bonchev–Trinajstić information content (AvgIpc) is 2.60. The van der Waals surface area contributed by atoms with Crippen molar-refractivity contribution in [1.29, 1.82) is 0 Å². The molecule has 2 atom stereocenters. The summed E-state index contributed by atoms with van der Waals surface area (Å²) < 4.78 is 0.627. The van der Waals surface area contributed by atoms with E-state index in [1.807, 2.05) is 0 Å². The van der Waals surface area contributed by atoms with Crippen LogP contribution >= 0.6 is 27.3 Å². The number of aliphatic hydroxyl groups excluding tert-OH is 2. The summed E-state index contributed by atoms with van der Waals surface area (Å²) in [7, 11) is 0. The van der Waals surface area contributed by atoms with Crippen molar-refractivity contribution in [2.24, 2.45) is 5.11 Å². The number of aromatic nitrogens is 1. The summed E-state index contributed by atoms with van der Waals surface area (Å²) in [6.07, 6.45) is -2.25. The molecule has 0 amide bonds. The first kappa shape index (κ1) is 11.4. The van der Waals surface area contributed by atoms with E-state index in [1.165, 1.54) is 11.3 Å². The Morgan fingerprint density at radius 1 is 1.71 bits per heavy atom. The first-order chi connectivity index (χ1) is 6.65. The highest BCUT2D eigenvalue weighted by molar-refractivity contribution is 9.11. The van der Waals surface area contributed by atoms with Gasteiger partial charge >= 0.3 is 0 Å². The van der Waals surface area contributed by atoms with Crippen LogP contribution in [0.2, 0.25) is 0 Å². The number of hydrogen-bond acceptors (Lipinski definition) is 5. The van der Waals surface area contributed by atoms with Crippen LogP contribution in [0.4, 0.5) is 0 Å². The van der Waals surface area contributed by atoms with Crippen LogP contribution in [0.15, 0.2) is 14.4 Å². The molecule has 0 saturated carbocycles. The maximum Gasteiger partial charge on any atom is 0.159 e. The summed E-state index contributed by atoms with van der Waals surface area (Å²) in [4.78, 5) is 6.41. The molecule has 2 unspecified atom stereocenters. The topological polar surface area (TPSA) is 102 Å². The van der Waals surface area contributed by atoms with Gasteiger partial charge in [-0.05, 0) is 21.5 Å². The van der Waals surface area contributed by atoms with Gasteiger partial charge in [0, 0.05) is 10.3 Å². The second kappa shape index (κ2) is 5.28. The normalized spacial score (nSPS) is 14.5. The zero-order valence-electron chi connectivity index (χ0n) is 6.91. The summed E-state index contributed by atoms with van der Waals surface area (Å²) in [6, 6.07) is 0. The van der Waals surface area contributed by atoms with Gasteiger partial charge in [-0.1, -0.05) is 5.11 Å². The fourth-order valence-electron chi connectivity index (χ4n) is 0.816. The van der Waals surface area contributed by atoms with Gasteiger partial charge in [0.25, 0.3) is 0 Å². The van der Waals surface area contributed by atoms with Crippen molar-refractivity contribution in [3.63, 3.8) is 0 Å². The van der Waals surface area contributed by atoms with Crippen molar-refractivity contribution in [1.82, 2.24) is 4.98 Å². The molecule has 0 aliphatic rings. The van der Waals surface area contributed by atoms with E-state index < -0.39 is 12.2 Å². The van der Waals surface area contributed by atoms with Gasteiger partial charge in [0.2, 0.25) is 0 Å². The Hall–Kier alpha value is -0.660. The standard InChI is InChI=1S/C6H7BrN4O2S/c7-6-10-3(2-14-6)5(13)4(12)1-9-11-8/h2,4-5,12-13H,1H2. The molecule has 1 aromatic rings.